The second kappa shape index (κ2) is 10.3. The van der Waals surface area contributed by atoms with E-state index < -0.39 is 23.0 Å². The molecule has 11 nitrogen and oxygen atoms in total. The Hall–Kier alpha value is -4.62. The number of ether oxygens (including phenoxy) is 1. The number of aromatic amines is 1. The monoisotopic (exact) mass is 589 g/mol. The molecular weight excluding hydrogens is 560 g/mol. The number of nitrogens with one attached hydrogen (secondary N) is 3. The van der Waals surface area contributed by atoms with Gasteiger partial charge in [-0.05, 0) is 26.0 Å². The summed E-state index contributed by atoms with van der Waals surface area (Å²) in [7, 11) is 1.63. The molecule has 7 rings (SSSR count). The Bertz CT molecular complexity index is 2000. The quantitative estimate of drug-likeness (QED) is 0.241. The van der Waals surface area contributed by atoms with Crippen molar-refractivity contribution in [3.63, 3.8) is 0 Å². The third kappa shape index (κ3) is 4.29. The molecule has 13 heteroatoms. The van der Waals surface area contributed by atoms with Crippen molar-refractivity contribution in [2.45, 2.75) is 25.5 Å². The predicted octanol–water partition coefficient (Wildman–Crippen LogP) is 3.87. The third-order valence-electron chi connectivity index (χ3n) is 8.43. The number of hydrogen-bond acceptors (Lipinski definition) is 8. The largest absolute Gasteiger partial charge is 0.477 e. The average Bonchev–Trinajstić information content (AvgIpc) is 3.67. The number of fused-ring (bicyclic) bond motifs is 4. The topological polar surface area (TPSA) is 137 Å². The van der Waals surface area contributed by atoms with Crippen LogP contribution in [0.2, 0.25) is 0 Å². The molecule has 2 aliphatic rings. The molecule has 4 N–H and O–H groups in total. The van der Waals surface area contributed by atoms with Gasteiger partial charge in [0.05, 0.1) is 45.8 Å². The lowest BCUT2D eigenvalue weighted by molar-refractivity contribution is 0.0533. The molecule has 222 valence electrons. The van der Waals surface area contributed by atoms with Crippen LogP contribution in [0.4, 0.5) is 20.2 Å². The van der Waals surface area contributed by atoms with Gasteiger partial charge in [-0.1, -0.05) is 0 Å². The SMILES string of the molecule is CNc1cc(F)c(F)c2c1[nH]c1ncc(-c3cnc4c(c3)c(=O)c(C(=O)O)cn4C3CCNC3)c(N3CCO[C@@H](C)C3)c12. The van der Waals surface area contributed by atoms with Gasteiger partial charge in [0.25, 0.3) is 0 Å². The Morgan fingerprint density at radius 3 is 2.77 bits per heavy atom. The fourth-order valence-corrected chi connectivity index (χ4v) is 6.39. The van der Waals surface area contributed by atoms with E-state index in [-0.39, 0.29) is 28.5 Å². The predicted molar refractivity (Wildman–Crippen MR) is 159 cm³/mol. The summed E-state index contributed by atoms with van der Waals surface area (Å²) in [5, 5.41) is 16.6. The lowest BCUT2D eigenvalue weighted by atomic mass is 10.00. The van der Waals surface area contributed by atoms with Gasteiger partial charge in [0, 0.05) is 68.5 Å². The van der Waals surface area contributed by atoms with E-state index in [4.69, 9.17) is 4.74 Å². The first-order valence-electron chi connectivity index (χ1n) is 14.1. The number of carbonyl (C=O) groups is 1. The van der Waals surface area contributed by atoms with Gasteiger partial charge < -0.3 is 34.9 Å². The number of carboxylic acids is 1. The standard InChI is InChI=1S/C30H29F2N7O4/c1-14-12-38(5-6-43-14)26-18(11-35-28-23(26)22-24(32)20(31)8-21(33-2)25(22)37-28)15-7-17-27(40)19(30(41)42)13-39(29(17)36-9-15)16-3-4-34-10-16/h7-9,11,13-14,16,33-34H,3-6,10,12H2,1-2H3,(H,35,37)(H,41,42)/t14-,16?/m0/s1. The zero-order valence-electron chi connectivity index (χ0n) is 23.5. The molecule has 2 atom stereocenters. The molecule has 43 heavy (non-hydrogen) atoms. The highest BCUT2D eigenvalue weighted by Gasteiger charge is 2.29. The van der Waals surface area contributed by atoms with Crippen LogP contribution in [0.15, 0.2) is 35.5 Å². The van der Waals surface area contributed by atoms with E-state index in [0.29, 0.717) is 70.9 Å². The Labute approximate surface area is 243 Å². The van der Waals surface area contributed by atoms with Crippen molar-refractivity contribution in [2.75, 3.05) is 50.1 Å². The summed E-state index contributed by atoms with van der Waals surface area (Å²) in [4.78, 5) is 40.0. The van der Waals surface area contributed by atoms with Crippen molar-refractivity contribution < 1.29 is 23.4 Å². The van der Waals surface area contributed by atoms with Crippen LogP contribution in [0.5, 0.6) is 0 Å². The van der Waals surface area contributed by atoms with Gasteiger partial charge in [-0.2, -0.15) is 0 Å². The number of halogens is 2. The molecule has 0 saturated carbocycles. The molecule has 0 bridgehead atoms. The average molecular weight is 590 g/mol. The molecule has 2 saturated heterocycles. The van der Waals surface area contributed by atoms with Crippen LogP contribution in [0.25, 0.3) is 44.1 Å². The van der Waals surface area contributed by atoms with Crippen molar-refractivity contribution in [1.29, 1.82) is 0 Å². The molecule has 0 aliphatic carbocycles. The molecular formula is C30H29F2N7O4. The van der Waals surface area contributed by atoms with Crippen LogP contribution in [0.1, 0.15) is 29.7 Å². The zero-order chi connectivity index (χ0) is 30.0. The molecule has 0 spiro atoms. The second-order valence-corrected chi connectivity index (χ2v) is 11.0. The maximum Gasteiger partial charge on any atom is 0.341 e. The fraction of sp³-hybridized carbons (Fsp3) is 0.333. The van der Waals surface area contributed by atoms with Crippen LogP contribution in [0, 0.1) is 11.6 Å². The van der Waals surface area contributed by atoms with E-state index >= 15 is 4.39 Å². The molecule has 5 aromatic rings. The third-order valence-corrected chi connectivity index (χ3v) is 8.43. The summed E-state index contributed by atoms with van der Waals surface area (Å²) in [6.45, 7) is 4.69. The maximum absolute atomic E-state index is 15.6. The number of H-pyrrole nitrogens is 1. The molecule has 2 fully saturated rings. The first kappa shape index (κ1) is 27.2. The summed E-state index contributed by atoms with van der Waals surface area (Å²) < 4.78 is 38.0. The minimum atomic E-state index is -1.32. The summed E-state index contributed by atoms with van der Waals surface area (Å²) in [5.74, 6) is -3.32. The number of benzene rings is 1. The van der Waals surface area contributed by atoms with Gasteiger partial charge in [-0.15, -0.1) is 0 Å². The second-order valence-electron chi connectivity index (χ2n) is 11.0. The van der Waals surface area contributed by atoms with Gasteiger partial charge in [0.2, 0.25) is 5.43 Å². The first-order valence-corrected chi connectivity index (χ1v) is 14.1. The molecule has 1 aromatic carbocycles. The highest BCUT2D eigenvalue weighted by molar-refractivity contribution is 6.18. The minimum absolute atomic E-state index is 0.0563. The van der Waals surface area contributed by atoms with E-state index in [1.807, 2.05) is 11.8 Å². The van der Waals surface area contributed by atoms with E-state index in [1.54, 1.807) is 30.1 Å². The summed E-state index contributed by atoms with van der Waals surface area (Å²) in [5.41, 5.74) is 2.14. The van der Waals surface area contributed by atoms with Gasteiger partial charge >= 0.3 is 5.97 Å². The Kier molecular flexibility index (Phi) is 6.51. The highest BCUT2D eigenvalue weighted by Crippen LogP contribution is 2.43. The number of morpholine rings is 1. The van der Waals surface area contributed by atoms with Crippen molar-refractivity contribution in [3.05, 3.63) is 58.1 Å². The summed E-state index contributed by atoms with van der Waals surface area (Å²) in [6, 6.07) is 2.66. The lowest BCUT2D eigenvalue weighted by Crippen LogP contribution is -2.41. The van der Waals surface area contributed by atoms with E-state index in [2.05, 4.69) is 25.6 Å². The van der Waals surface area contributed by atoms with Gasteiger partial charge in [0.15, 0.2) is 11.6 Å². The van der Waals surface area contributed by atoms with Gasteiger partial charge in [-0.3, -0.25) is 4.79 Å². The minimum Gasteiger partial charge on any atom is -0.477 e. The smallest absolute Gasteiger partial charge is 0.341 e. The van der Waals surface area contributed by atoms with Crippen LogP contribution >= 0.6 is 0 Å². The first-order chi connectivity index (χ1) is 20.8. The summed E-state index contributed by atoms with van der Waals surface area (Å²) >= 11 is 0. The van der Waals surface area contributed by atoms with E-state index in [0.717, 1.165) is 19.0 Å². The number of aromatic nitrogens is 4. The Morgan fingerprint density at radius 2 is 2.05 bits per heavy atom. The molecule has 0 amide bonds. The van der Waals surface area contributed by atoms with Crippen molar-refractivity contribution in [1.82, 2.24) is 24.8 Å². The number of anilines is 2. The van der Waals surface area contributed by atoms with Crippen LogP contribution in [0.3, 0.4) is 0 Å². The van der Waals surface area contributed by atoms with Crippen molar-refractivity contribution in [2.24, 2.45) is 0 Å². The van der Waals surface area contributed by atoms with E-state index in [1.165, 1.54) is 6.20 Å². The number of aromatic carboxylic acids is 1. The van der Waals surface area contributed by atoms with Crippen LogP contribution < -0.4 is 21.0 Å². The van der Waals surface area contributed by atoms with Gasteiger partial charge in [-0.25, -0.2) is 23.5 Å². The Morgan fingerprint density at radius 1 is 1.21 bits per heavy atom. The normalized spacial score (nSPS) is 19.1. The van der Waals surface area contributed by atoms with Gasteiger partial charge in [0.1, 0.15) is 16.9 Å². The van der Waals surface area contributed by atoms with E-state index in [9.17, 15) is 19.1 Å². The number of nitrogens with zero attached hydrogens (tertiary/aromatic N) is 4. The lowest BCUT2D eigenvalue weighted by Gasteiger charge is -2.34. The van der Waals surface area contributed by atoms with Crippen molar-refractivity contribution >= 4 is 50.3 Å². The van der Waals surface area contributed by atoms with Crippen LogP contribution in [-0.2, 0) is 4.74 Å². The molecule has 2 aliphatic heterocycles. The zero-order valence-corrected chi connectivity index (χ0v) is 23.5. The van der Waals surface area contributed by atoms with Crippen LogP contribution in [-0.4, -0.2) is 76.5 Å². The number of hydrogen-bond donors (Lipinski definition) is 4. The molecule has 6 heterocycles. The maximum atomic E-state index is 15.6. The molecule has 1 unspecified atom stereocenters. The summed E-state index contributed by atoms with van der Waals surface area (Å²) in [6.07, 6.45) is 5.22. The number of rotatable bonds is 5. The Balaban J connectivity index is 1.54. The number of carboxylic acid groups (broad SMARTS) is 1. The highest BCUT2D eigenvalue weighted by atomic mass is 19.2. The molecule has 0 radical (unpaired) electrons. The number of pyridine rings is 3. The van der Waals surface area contributed by atoms with Crippen molar-refractivity contribution in [3.8, 4) is 11.1 Å². The fourth-order valence-electron chi connectivity index (χ4n) is 6.39. The molecule has 4 aromatic heterocycles.